The molecule has 1 N–H and O–H groups in total. The van der Waals surface area contributed by atoms with E-state index in [1.807, 2.05) is 19.1 Å². The Balaban J connectivity index is 2.22. The smallest absolute Gasteiger partial charge is 0.138 e. The molecule has 0 atom stereocenters. The van der Waals surface area contributed by atoms with E-state index in [2.05, 4.69) is 9.97 Å². The Morgan fingerprint density at radius 1 is 1.17 bits per heavy atom. The molecule has 0 saturated heterocycles. The maximum Gasteiger partial charge on any atom is 0.138 e. The van der Waals surface area contributed by atoms with Gasteiger partial charge in [-0.25, -0.2) is 9.37 Å². The first kappa shape index (κ1) is 11.2. The van der Waals surface area contributed by atoms with Crippen molar-refractivity contribution < 1.29 is 4.39 Å². The van der Waals surface area contributed by atoms with Crippen molar-refractivity contribution >= 4 is 22.6 Å². The van der Waals surface area contributed by atoms with Gasteiger partial charge >= 0.3 is 0 Å². The van der Waals surface area contributed by atoms with Crippen LogP contribution in [0.25, 0.3) is 22.4 Å². The molecule has 0 amide bonds. The number of rotatable bonds is 1. The van der Waals surface area contributed by atoms with E-state index in [0.717, 1.165) is 22.2 Å². The number of hydrogen-bond donors (Lipinski definition) is 1. The summed E-state index contributed by atoms with van der Waals surface area (Å²) in [6.07, 6.45) is 0. The van der Waals surface area contributed by atoms with Gasteiger partial charge < -0.3 is 4.98 Å². The van der Waals surface area contributed by atoms with E-state index in [0.29, 0.717) is 10.8 Å². The molecule has 0 bridgehead atoms. The van der Waals surface area contributed by atoms with Gasteiger partial charge in [-0.15, -0.1) is 0 Å². The molecule has 0 radical (unpaired) electrons. The van der Waals surface area contributed by atoms with Crippen molar-refractivity contribution in [3.63, 3.8) is 0 Å². The maximum absolute atomic E-state index is 13.3. The first-order chi connectivity index (χ1) is 8.63. The van der Waals surface area contributed by atoms with Gasteiger partial charge in [-0.2, -0.15) is 0 Å². The summed E-state index contributed by atoms with van der Waals surface area (Å²) in [7, 11) is 0. The molecular weight excluding hydrogens is 251 g/mol. The van der Waals surface area contributed by atoms with Crippen LogP contribution in [0.1, 0.15) is 5.56 Å². The number of imidazole rings is 1. The van der Waals surface area contributed by atoms with Crippen LogP contribution in [0.15, 0.2) is 36.4 Å². The summed E-state index contributed by atoms with van der Waals surface area (Å²) in [5.41, 5.74) is 3.41. The van der Waals surface area contributed by atoms with Gasteiger partial charge in [-0.05, 0) is 42.8 Å². The minimum atomic E-state index is -0.269. The lowest BCUT2D eigenvalue weighted by Gasteiger charge is -2.01. The predicted octanol–water partition coefficient (Wildman–Crippen LogP) is 4.33. The normalized spacial score (nSPS) is 11.1. The van der Waals surface area contributed by atoms with Crippen LogP contribution in [-0.2, 0) is 0 Å². The third-order valence-electron chi connectivity index (χ3n) is 2.90. The lowest BCUT2D eigenvalue weighted by atomic mass is 10.1. The predicted molar refractivity (Wildman–Crippen MR) is 71.2 cm³/mol. The van der Waals surface area contributed by atoms with E-state index in [-0.39, 0.29) is 5.82 Å². The van der Waals surface area contributed by atoms with Crippen LogP contribution in [0.5, 0.6) is 0 Å². The standard InChI is InChI=1S/C14H10ClFN2/c1-8-2-4-10(16)7-11(8)14-17-12-5-3-9(15)6-13(12)18-14/h2-7H,1H3,(H,17,18). The van der Waals surface area contributed by atoms with Gasteiger partial charge in [0.1, 0.15) is 11.6 Å². The Bertz CT molecular complexity index is 734. The van der Waals surface area contributed by atoms with Gasteiger partial charge in [-0.3, -0.25) is 0 Å². The van der Waals surface area contributed by atoms with Crippen LogP contribution in [-0.4, -0.2) is 9.97 Å². The van der Waals surface area contributed by atoms with Crippen LogP contribution in [0.3, 0.4) is 0 Å². The molecule has 90 valence electrons. The monoisotopic (exact) mass is 260 g/mol. The van der Waals surface area contributed by atoms with Crippen molar-refractivity contribution in [1.82, 2.24) is 9.97 Å². The molecule has 4 heteroatoms. The minimum Gasteiger partial charge on any atom is -0.338 e. The molecule has 0 aliphatic rings. The molecule has 0 saturated carbocycles. The van der Waals surface area contributed by atoms with Crippen molar-refractivity contribution in [1.29, 1.82) is 0 Å². The number of aromatic amines is 1. The van der Waals surface area contributed by atoms with E-state index in [4.69, 9.17) is 11.6 Å². The quantitative estimate of drug-likeness (QED) is 0.693. The molecule has 3 aromatic rings. The van der Waals surface area contributed by atoms with Gasteiger partial charge in [0.15, 0.2) is 0 Å². The Labute approximate surface area is 108 Å². The fourth-order valence-corrected chi connectivity index (χ4v) is 2.13. The zero-order valence-electron chi connectivity index (χ0n) is 9.67. The first-order valence-corrected chi connectivity index (χ1v) is 5.93. The summed E-state index contributed by atoms with van der Waals surface area (Å²) >= 11 is 5.92. The van der Waals surface area contributed by atoms with Gasteiger partial charge in [0, 0.05) is 10.6 Å². The highest BCUT2D eigenvalue weighted by molar-refractivity contribution is 6.31. The van der Waals surface area contributed by atoms with E-state index in [1.165, 1.54) is 12.1 Å². The molecule has 0 aliphatic carbocycles. The Morgan fingerprint density at radius 2 is 2.00 bits per heavy atom. The van der Waals surface area contributed by atoms with Crippen LogP contribution in [0.2, 0.25) is 5.02 Å². The minimum absolute atomic E-state index is 0.269. The van der Waals surface area contributed by atoms with Crippen molar-refractivity contribution in [2.75, 3.05) is 0 Å². The number of nitrogens with one attached hydrogen (secondary N) is 1. The Kier molecular flexibility index (Phi) is 2.56. The van der Waals surface area contributed by atoms with Gasteiger partial charge in [-0.1, -0.05) is 17.7 Å². The molecule has 0 fully saturated rings. The fourth-order valence-electron chi connectivity index (χ4n) is 1.96. The molecule has 3 rings (SSSR count). The molecule has 2 aromatic carbocycles. The molecule has 2 nitrogen and oxygen atoms in total. The second kappa shape index (κ2) is 4.10. The summed E-state index contributed by atoms with van der Waals surface area (Å²) in [4.78, 5) is 7.60. The second-order valence-electron chi connectivity index (χ2n) is 4.21. The van der Waals surface area contributed by atoms with E-state index in [1.54, 1.807) is 12.1 Å². The summed E-state index contributed by atoms with van der Waals surface area (Å²) in [6.45, 7) is 1.93. The number of fused-ring (bicyclic) bond motifs is 1. The van der Waals surface area contributed by atoms with Crippen LogP contribution in [0.4, 0.5) is 4.39 Å². The third kappa shape index (κ3) is 1.87. The summed E-state index contributed by atoms with van der Waals surface area (Å²) in [6, 6.07) is 10.1. The second-order valence-corrected chi connectivity index (χ2v) is 4.64. The maximum atomic E-state index is 13.3. The molecule has 18 heavy (non-hydrogen) atoms. The zero-order valence-corrected chi connectivity index (χ0v) is 10.4. The number of H-pyrrole nitrogens is 1. The third-order valence-corrected chi connectivity index (χ3v) is 3.13. The number of benzene rings is 2. The number of hydrogen-bond acceptors (Lipinski definition) is 1. The molecule has 0 aliphatic heterocycles. The molecule has 1 heterocycles. The largest absolute Gasteiger partial charge is 0.338 e. The van der Waals surface area contributed by atoms with Crippen LogP contribution < -0.4 is 0 Å². The van der Waals surface area contributed by atoms with E-state index < -0.39 is 0 Å². The Hall–Kier alpha value is -1.87. The first-order valence-electron chi connectivity index (χ1n) is 5.55. The number of halogens is 2. The van der Waals surface area contributed by atoms with Crippen molar-refractivity contribution in [2.45, 2.75) is 6.92 Å². The molecule has 0 spiro atoms. The Morgan fingerprint density at radius 3 is 2.83 bits per heavy atom. The lowest BCUT2D eigenvalue weighted by Crippen LogP contribution is -1.87. The van der Waals surface area contributed by atoms with Crippen molar-refractivity contribution in [2.24, 2.45) is 0 Å². The number of nitrogens with zero attached hydrogens (tertiary/aromatic N) is 1. The van der Waals surface area contributed by atoms with Gasteiger partial charge in [0.05, 0.1) is 11.0 Å². The summed E-state index contributed by atoms with van der Waals surface area (Å²) in [5.74, 6) is 0.387. The average molecular weight is 261 g/mol. The highest BCUT2D eigenvalue weighted by Gasteiger charge is 2.09. The van der Waals surface area contributed by atoms with Crippen LogP contribution >= 0.6 is 11.6 Å². The summed E-state index contributed by atoms with van der Waals surface area (Å²) in [5, 5.41) is 0.647. The summed E-state index contributed by atoms with van der Waals surface area (Å²) < 4.78 is 13.3. The topological polar surface area (TPSA) is 28.7 Å². The highest BCUT2D eigenvalue weighted by atomic mass is 35.5. The molecule has 0 unspecified atom stereocenters. The van der Waals surface area contributed by atoms with Crippen LogP contribution in [0, 0.1) is 12.7 Å². The van der Waals surface area contributed by atoms with Crippen molar-refractivity contribution in [3.8, 4) is 11.4 Å². The number of aryl methyl sites for hydroxylation is 1. The highest BCUT2D eigenvalue weighted by Crippen LogP contribution is 2.25. The van der Waals surface area contributed by atoms with E-state index >= 15 is 0 Å². The number of aromatic nitrogens is 2. The average Bonchev–Trinajstić information content (AvgIpc) is 2.74. The molecule has 1 aromatic heterocycles. The lowest BCUT2D eigenvalue weighted by molar-refractivity contribution is 0.628. The van der Waals surface area contributed by atoms with Crippen molar-refractivity contribution in [3.05, 3.63) is 52.8 Å². The fraction of sp³-hybridized carbons (Fsp3) is 0.0714. The van der Waals surface area contributed by atoms with E-state index in [9.17, 15) is 4.39 Å². The SMILES string of the molecule is Cc1ccc(F)cc1-c1nc2ccc(Cl)cc2[nH]1. The zero-order chi connectivity index (χ0) is 12.7. The molecular formula is C14H10ClFN2. The van der Waals surface area contributed by atoms with Gasteiger partial charge in [0.25, 0.3) is 0 Å². The van der Waals surface area contributed by atoms with Gasteiger partial charge in [0.2, 0.25) is 0 Å².